The lowest BCUT2D eigenvalue weighted by Crippen LogP contribution is -2.18. The van der Waals surface area contributed by atoms with E-state index in [0.29, 0.717) is 12.5 Å². The standard InChI is InChI=1S/C16H25NO2/c1-5-6-9-19-15-8-7-14(10-16(15)18-4)12-17-11-13(2)3/h5,7-8,10,13,17H,1,6,9,11-12H2,2-4H3. The normalized spacial score (nSPS) is 10.5. The highest BCUT2D eigenvalue weighted by Crippen LogP contribution is 2.28. The number of benzene rings is 1. The molecule has 0 bridgehead atoms. The topological polar surface area (TPSA) is 30.5 Å². The van der Waals surface area contributed by atoms with Gasteiger partial charge < -0.3 is 14.8 Å². The summed E-state index contributed by atoms with van der Waals surface area (Å²) >= 11 is 0. The van der Waals surface area contributed by atoms with E-state index in [0.717, 1.165) is 31.0 Å². The van der Waals surface area contributed by atoms with Crippen LogP contribution in [0.15, 0.2) is 30.9 Å². The summed E-state index contributed by atoms with van der Waals surface area (Å²) in [7, 11) is 1.67. The number of nitrogens with one attached hydrogen (secondary N) is 1. The van der Waals surface area contributed by atoms with Crippen LogP contribution in [0.1, 0.15) is 25.8 Å². The van der Waals surface area contributed by atoms with Crippen molar-refractivity contribution in [3.05, 3.63) is 36.4 Å². The Morgan fingerprint density at radius 3 is 2.74 bits per heavy atom. The van der Waals surface area contributed by atoms with Crippen molar-refractivity contribution in [2.75, 3.05) is 20.3 Å². The Kier molecular flexibility index (Phi) is 7.04. The van der Waals surface area contributed by atoms with Gasteiger partial charge in [-0.25, -0.2) is 0 Å². The molecule has 0 radical (unpaired) electrons. The van der Waals surface area contributed by atoms with Crippen molar-refractivity contribution in [1.82, 2.24) is 5.32 Å². The van der Waals surface area contributed by atoms with Gasteiger partial charge in [0.2, 0.25) is 0 Å². The molecule has 1 aromatic rings. The summed E-state index contributed by atoms with van der Waals surface area (Å²) in [6.07, 6.45) is 2.68. The lowest BCUT2D eigenvalue weighted by Gasteiger charge is -2.12. The van der Waals surface area contributed by atoms with Crippen LogP contribution in [-0.2, 0) is 6.54 Å². The van der Waals surface area contributed by atoms with E-state index in [1.54, 1.807) is 7.11 Å². The maximum Gasteiger partial charge on any atom is 0.161 e. The van der Waals surface area contributed by atoms with Crippen LogP contribution < -0.4 is 14.8 Å². The molecule has 0 heterocycles. The molecule has 3 nitrogen and oxygen atoms in total. The second-order valence-corrected chi connectivity index (χ2v) is 4.94. The molecule has 0 aliphatic carbocycles. The smallest absolute Gasteiger partial charge is 0.161 e. The first-order valence-electron chi connectivity index (χ1n) is 6.78. The Hall–Kier alpha value is -1.48. The maximum absolute atomic E-state index is 5.65. The van der Waals surface area contributed by atoms with Crippen LogP contribution in [0.4, 0.5) is 0 Å². The Bertz CT molecular complexity index is 388. The zero-order valence-corrected chi connectivity index (χ0v) is 12.2. The molecule has 3 heteroatoms. The molecule has 0 fully saturated rings. The minimum absolute atomic E-state index is 0.630. The van der Waals surface area contributed by atoms with Gasteiger partial charge in [0, 0.05) is 6.54 Å². The molecule has 106 valence electrons. The molecule has 1 N–H and O–H groups in total. The van der Waals surface area contributed by atoms with E-state index < -0.39 is 0 Å². The first-order chi connectivity index (χ1) is 9.17. The SMILES string of the molecule is C=CCCOc1ccc(CNCC(C)C)cc1OC. The largest absolute Gasteiger partial charge is 0.493 e. The van der Waals surface area contributed by atoms with E-state index >= 15 is 0 Å². The lowest BCUT2D eigenvalue weighted by atomic mass is 10.2. The zero-order valence-electron chi connectivity index (χ0n) is 12.2. The van der Waals surface area contributed by atoms with Gasteiger partial charge >= 0.3 is 0 Å². The van der Waals surface area contributed by atoms with E-state index in [-0.39, 0.29) is 0 Å². The van der Waals surface area contributed by atoms with Gasteiger partial charge in [0.1, 0.15) is 0 Å². The van der Waals surface area contributed by atoms with Crippen LogP contribution in [0.25, 0.3) is 0 Å². The first-order valence-corrected chi connectivity index (χ1v) is 6.78. The highest BCUT2D eigenvalue weighted by atomic mass is 16.5. The van der Waals surface area contributed by atoms with Gasteiger partial charge in [-0.15, -0.1) is 6.58 Å². The minimum Gasteiger partial charge on any atom is -0.493 e. The Morgan fingerprint density at radius 2 is 2.11 bits per heavy atom. The third-order valence-electron chi connectivity index (χ3n) is 2.69. The lowest BCUT2D eigenvalue weighted by molar-refractivity contribution is 0.299. The minimum atomic E-state index is 0.630. The molecule has 0 amide bonds. The Balaban J connectivity index is 2.58. The van der Waals surface area contributed by atoms with Crippen LogP contribution in [-0.4, -0.2) is 20.3 Å². The van der Waals surface area contributed by atoms with Crippen LogP contribution in [0.5, 0.6) is 11.5 Å². The van der Waals surface area contributed by atoms with E-state index in [1.807, 2.05) is 18.2 Å². The van der Waals surface area contributed by atoms with E-state index in [4.69, 9.17) is 9.47 Å². The third kappa shape index (κ3) is 5.79. The molecule has 0 spiro atoms. The quantitative estimate of drug-likeness (QED) is 0.547. The summed E-state index contributed by atoms with van der Waals surface area (Å²) in [6, 6.07) is 6.06. The molecule has 0 atom stereocenters. The molecule has 0 aliphatic rings. The molecule has 0 unspecified atom stereocenters. The van der Waals surface area contributed by atoms with Crippen molar-refractivity contribution >= 4 is 0 Å². The number of ether oxygens (including phenoxy) is 2. The summed E-state index contributed by atoms with van der Waals surface area (Å²) in [5.74, 6) is 2.23. The molecule has 0 aliphatic heterocycles. The van der Waals surface area contributed by atoms with Gasteiger partial charge in [0.25, 0.3) is 0 Å². The fraction of sp³-hybridized carbons (Fsp3) is 0.500. The Morgan fingerprint density at radius 1 is 1.32 bits per heavy atom. The maximum atomic E-state index is 5.65. The molecular formula is C16H25NO2. The molecule has 0 saturated heterocycles. The number of methoxy groups -OCH3 is 1. The van der Waals surface area contributed by atoms with Crippen molar-refractivity contribution in [2.24, 2.45) is 5.92 Å². The molecule has 19 heavy (non-hydrogen) atoms. The summed E-state index contributed by atoms with van der Waals surface area (Å²) in [6.45, 7) is 10.6. The molecule has 1 aromatic carbocycles. The van der Waals surface area contributed by atoms with E-state index in [2.05, 4.69) is 31.8 Å². The highest BCUT2D eigenvalue weighted by molar-refractivity contribution is 5.42. The van der Waals surface area contributed by atoms with Gasteiger partial charge in [0.15, 0.2) is 11.5 Å². The van der Waals surface area contributed by atoms with Crippen LogP contribution in [0, 0.1) is 5.92 Å². The monoisotopic (exact) mass is 263 g/mol. The van der Waals surface area contributed by atoms with Crippen molar-refractivity contribution in [3.8, 4) is 11.5 Å². The van der Waals surface area contributed by atoms with Crippen LogP contribution in [0.3, 0.4) is 0 Å². The highest BCUT2D eigenvalue weighted by Gasteiger charge is 2.05. The van der Waals surface area contributed by atoms with Crippen molar-refractivity contribution < 1.29 is 9.47 Å². The first kappa shape index (κ1) is 15.6. The fourth-order valence-electron chi connectivity index (χ4n) is 1.70. The number of rotatable bonds is 9. The van der Waals surface area contributed by atoms with Gasteiger partial charge in [-0.05, 0) is 36.6 Å². The second-order valence-electron chi connectivity index (χ2n) is 4.94. The van der Waals surface area contributed by atoms with Crippen LogP contribution >= 0.6 is 0 Å². The Labute approximate surface area is 116 Å². The van der Waals surface area contributed by atoms with Gasteiger partial charge in [0.05, 0.1) is 13.7 Å². The predicted octanol–water partition coefficient (Wildman–Crippen LogP) is 3.40. The number of hydrogen-bond acceptors (Lipinski definition) is 3. The summed E-state index contributed by atoms with van der Waals surface area (Å²) in [5.41, 5.74) is 1.20. The average Bonchev–Trinajstić information content (AvgIpc) is 2.39. The van der Waals surface area contributed by atoms with Gasteiger partial charge in [-0.2, -0.15) is 0 Å². The van der Waals surface area contributed by atoms with Crippen molar-refractivity contribution in [3.63, 3.8) is 0 Å². The van der Waals surface area contributed by atoms with E-state index in [1.165, 1.54) is 5.56 Å². The molecule has 0 saturated carbocycles. The van der Waals surface area contributed by atoms with E-state index in [9.17, 15) is 0 Å². The van der Waals surface area contributed by atoms with Crippen molar-refractivity contribution in [1.29, 1.82) is 0 Å². The van der Waals surface area contributed by atoms with Crippen molar-refractivity contribution in [2.45, 2.75) is 26.8 Å². The second kappa shape index (κ2) is 8.59. The average molecular weight is 263 g/mol. The van der Waals surface area contributed by atoms with Gasteiger partial charge in [-0.3, -0.25) is 0 Å². The predicted molar refractivity (Wildman–Crippen MR) is 79.8 cm³/mol. The zero-order chi connectivity index (χ0) is 14.1. The third-order valence-corrected chi connectivity index (χ3v) is 2.69. The molecule has 0 aromatic heterocycles. The summed E-state index contributed by atoms with van der Waals surface area (Å²) < 4.78 is 11.0. The molecular weight excluding hydrogens is 238 g/mol. The summed E-state index contributed by atoms with van der Waals surface area (Å²) in [4.78, 5) is 0. The number of hydrogen-bond donors (Lipinski definition) is 1. The fourth-order valence-corrected chi connectivity index (χ4v) is 1.70. The summed E-state index contributed by atoms with van der Waals surface area (Å²) in [5, 5.41) is 3.41. The molecule has 1 rings (SSSR count). The van der Waals surface area contributed by atoms with Crippen LogP contribution in [0.2, 0.25) is 0 Å². The van der Waals surface area contributed by atoms with Gasteiger partial charge in [-0.1, -0.05) is 26.0 Å².